The van der Waals surface area contributed by atoms with E-state index in [0.29, 0.717) is 6.04 Å². The van der Waals surface area contributed by atoms with Crippen LogP contribution in [0.3, 0.4) is 0 Å². The summed E-state index contributed by atoms with van der Waals surface area (Å²) in [4.78, 5) is 0. The van der Waals surface area contributed by atoms with Crippen molar-refractivity contribution in [3.63, 3.8) is 0 Å². The average Bonchev–Trinajstić information content (AvgIpc) is 2.69. The Hall–Kier alpha value is -0.520. The summed E-state index contributed by atoms with van der Waals surface area (Å²) in [6, 6.07) is 0.414. The molecule has 0 bridgehead atoms. The lowest BCUT2D eigenvalue weighted by Gasteiger charge is -2.10. The summed E-state index contributed by atoms with van der Waals surface area (Å²) in [6.07, 6.45) is 2.20. The maximum Gasteiger partial charge on any atom is 0.0350 e. The molecule has 0 amide bonds. The predicted molar refractivity (Wildman–Crippen MR) is 46.4 cm³/mol. The largest absolute Gasteiger partial charge is 0.271 e. The Labute approximate surface area is 68.5 Å². The Balaban J connectivity index is 2.29. The molecule has 1 aliphatic carbocycles. The molecule has 2 heteroatoms. The van der Waals surface area contributed by atoms with E-state index in [1.807, 2.05) is 6.92 Å². The fourth-order valence-corrected chi connectivity index (χ4v) is 1.46. The van der Waals surface area contributed by atoms with Gasteiger partial charge in [-0.25, -0.2) is 0 Å². The maximum atomic E-state index is 5.40. The van der Waals surface area contributed by atoms with Crippen LogP contribution in [-0.4, -0.2) is 6.04 Å². The molecular weight excluding hydrogens is 136 g/mol. The van der Waals surface area contributed by atoms with E-state index in [2.05, 4.69) is 24.2 Å². The van der Waals surface area contributed by atoms with Crippen LogP contribution in [0.5, 0.6) is 0 Å². The topological polar surface area (TPSA) is 38.0 Å². The number of hydrazine groups is 1. The van der Waals surface area contributed by atoms with Gasteiger partial charge in [0.2, 0.25) is 0 Å². The minimum atomic E-state index is 0.414. The van der Waals surface area contributed by atoms with Crippen LogP contribution in [-0.2, 0) is 0 Å². The van der Waals surface area contributed by atoms with Crippen molar-refractivity contribution < 1.29 is 0 Å². The fraction of sp³-hybridized carbons (Fsp3) is 0.778. The average molecular weight is 152 g/mol. The van der Waals surface area contributed by atoms with Crippen molar-refractivity contribution in [1.82, 2.24) is 5.43 Å². The van der Waals surface area contributed by atoms with Crippen molar-refractivity contribution in [2.75, 3.05) is 0 Å². The molecule has 0 radical (unpaired) electrons. The molecule has 1 fully saturated rings. The van der Waals surface area contributed by atoms with Crippen LogP contribution in [0, 0.1) is 23.7 Å². The second kappa shape index (κ2) is 3.75. The third-order valence-electron chi connectivity index (χ3n) is 2.40. The zero-order valence-electron chi connectivity index (χ0n) is 7.22. The van der Waals surface area contributed by atoms with Crippen LogP contribution >= 0.6 is 0 Å². The SMILES string of the molecule is CC#CCC(NN)C1CC1C. The predicted octanol–water partition coefficient (Wildman–Crippen LogP) is 0.888. The third kappa shape index (κ3) is 2.21. The highest BCUT2D eigenvalue weighted by atomic mass is 15.2. The van der Waals surface area contributed by atoms with Gasteiger partial charge < -0.3 is 0 Å². The summed E-state index contributed by atoms with van der Waals surface area (Å²) in [6.45, 7) is 4.12. The number of nitrogens with two attached hydrogens (primary N) is 1. The van der Waals surface area contributed by atoms with Crippen LogP contribution in [0.25, 0.3) is 0 Å². The first kappa shape index (κ1) is 8.58. The zero-order valence-corrected chi connectivity index (χ0v) is 7.22. The van der Waals surface area contributed by atoms with E-state index >= 15 is 0 Å². The molecule has 0 aromatic carbocycles. The van der Waals surface area contributed by atoms with Gasteiger partial charge in [0.25, 0.3) is 0 Å². The standard InChI is InChI=1S/C9H16N2/c1-3-4-5-9(11-10)8-6-7(8)2/h7-9,11H,5-6,10H2,1-2H3. The second-order valence-corrected chi connectivity index (χ2v) is 3.28. The summed E-state index contributed by atoms with van der Waals surface area (Å²) in [5, 5.41) is 0. The van der Waals surface area contributed by atoms with Crippen LogP contribution in [0.2, 0.25) is 0 Å². The Morgan fingerprint density at radius 3 is 2.73 bits per heavy atom. The molecule has 11 heavy (non-hydrogen) atoms. The summed E-state index contributed by atoms with van der Waals surface area (Å²) in [7, 11) is 0. The molecule has 62 valence electrons. The lowest BCUT2D eigenvalue weighted by Crippen LogP contribution is -2.36. The van der Waals surface area contributed by atoms with Gasteiger partial charge in [-0.3, -0.25) is 11.3 Å². The van der Waals surface area contributed by atoms with E-state index in [9.17, 15) is 0 Å². The van der Waals surface area contributed by atoms with Crippen LogP contribution < -0.4 is 11.3 Å². The molecule has 0 aliphatic heterocycles. The molecule has 0 spiro atoms. The highest BCUT2D eigenvalue weighted by Gasteiger charge is 2.38. The van der Waals surface area contributed by atoms with Gasteiger partial charge in [-0.15, -0.1) is 11.8 Å². The summed E-state index contributed by atoms with van der Waals surface area (Å²) >= 11 is 0. The normalized spacial score (nSPS) is 30.5. The maximum absolute atomic E-state index is 5.40. The molecule has 3 N–H and O–H groups in total. The molecule has 0 aromatic rings. The highest BCUT2D eigenvalue weighted by molar-refractivity contribution is 5.02. The molecule has 0 aromatic heterocycles. The van der Waals surface area contributed by atoms with E-state index in [4.69, 9.17) is 5.84 Å². The van der Waals surface area contributed by atoms with Crippen molar-refractivity contribution >= 4 is 0 Å². The van der Waals surface area contributed by atoms with Crippen molar-refractivity contribution in [3.05, 3.63) is 0 Å². The third-order valence-corrected chi connectivity index (χ3v) is 2.40. The lowest BCUT2D eigenvalue weighted by molar-refractivity contribution is 0.465. The summed E-state index contributed by atoms with van der Waals surface area (Å²) < 4.78 is 0. The Bertz CT molecular complexity index is 178. The molecule has 0 heterocycles. The van der Waals surface area contributed by atoms with E-state index in [1.54, 1.807) is 0 Å². The van der Waals surface area contributed by atoms with E-state index in [1.165, 1.54) is 6.42 Å². The number of hydrogen-bond donors (Lipinski definition) is 2. The molecule has 0 saturated heterocycles. The van der Waals surface area contributed by atoms with Crippen molar-refractivity contribution in [2.45, 2.75) is 32.7 Å². The monoisotopic (exact) mass is 152 g/mol. The first-order valence-electron chi connectivity index (χ1n) is 4.15. The smallest absolute Gasteiger partial charge is 0.0350 e. The Morgan fingerprint density at radius 1 is 1.73 bits per heavy atom. The first-order chi connectivity index (χ1) is 5.29. The molecular formula is C9H16N2. The minimum absolute atomic E-state index is 0.414. The van der Waals surface area contributed by atoms with E-state index in [0.717, 1.165) is 18.3 Å². The first-order valence-corrected chi connectivity index (χ1v) is 4.15. The molecule has 1 aliphatic rings. The number of nitrogens with one attached hydrogen (secondary N) is 1. The van der Waals surface area contributed by atoms with Gasteiger partial charge in [0.1, 0.15) is 0 Å². The van der Waals surface area contributed by atoms with Gasteiger partial charge in [-0.05, 0) is 25.2 Å². The van der Waals surface area contributed by atoms with Crippen LogP contribution in [0.1, 0.15) is 26.7 Å². The van der Waals surface area contributed by atoms with Gasteiger partial charge in [0.05, 0.1) is 0 Å². The Morgan fingerprint density at radius 2 is 2.36 bits per heavy atom. The summed E-state index contributed by atoms with van der Waals surface area (Å²) in [5.41, 5.74) is 2.83. The molecule has 3 unspecified atom stereocenters. The second-order valence-electron chi connectivity index (χ2n) is 3.28. The van der Waals surface area contributed by atoms with Gasteiger partial charge in [0.15, 0.2) is 0 Å². The van der Waals surface area contributed by atoms with Crippen molar-refractivity contribution in [1.29, 1.82) is 0 Å². The van der Waals surface area contributed by atoms with Gasteiger partial charge in [0, 0.05) is 12.5 Å². The van der Waals surface area contributed by atoms with Gasteiger partial charge in [-0.1, -0.05) is 6.92 Å². The minimum Gasteiger partial charge on any atom is -0.271 e. The molecule has 1 saturated carbocycles. The lowest BCUT2D eigenvalue weighted by atomic mass is 10.1. The van der Waals surface area contributed by atoms with Crippen molar-refractivity contribution in [2.24, 2.45) is 17.7 Å². The van der Waals surface area contributed by atoms with Crippen LogP contribution in [0.4, 0.5) is 0 Å². The molecule has 1 rings (SSSR count). The van der Waals surface area contributed by atoms with Crippen molar-refractivity contribution in [3.8, 4) is 11.8 Å². The van der Waals surface area contributed by atoms with E-state index < -0.39 is 0 Å². The molecule has 2 nitrogen and oxygen atoms in total. The molecule has 3 atom stereocenters. The van der Waals surface area contributed by atoms with Gasteiger partial charge in [-0.2, -0.15) is 0 Å². The quantitative estimate of drug-likeness (QED) is 0.358. The Kier molecular flexibility index (Phi) is 2.92. The van der Waals surface area contributed by atoms with Crippen LogP contribution in [0.15, 0.2) is 0 Å². The number of rotatable bonds is 3. The van der Waals surface area contributed by atoms with E-state index in [-0.39, 0.29) is 0 Å². The number of hydrogen-bond acceptors (Lipinski definition) is 2. The fourth-order valence-electron chi connectivity index (χ4n) is 1.46. The highest BCUT2D eigenvalue weighted by Crippen LogP contribution is 2.41. The van der Waals surface area contributed by atoms with Gasteiger partial charge >= 0.3 is 0 Å². The zero-order chi connectivity index (χ0) is 8.27. The summed E-state index contributed by atoms with van der Waals surface area (Å²) in [5.74, 6) is 12.9.